The number of carbonyl (C=O) groups is 1. The van der Waals surface area contributed by atoms with E-state index in [1.807, 2.05) is 0 Å². The maximum Gasteiger partial charge on any atom is 0.253 e. The standard InChI is InChI=1S/C15H21FN2O/c1-10-4-5-11(8-12(10)16)14(19)18-7-6-13(17)15(2,3)9-18/h4-5,8,13H,6-7,9,17H2,1-3H3. The Morgan fingerprint density at radius 3 is 2.74 bits per heavy atom. The molecule has 0 spiro atoms. The van der Waals surface area contributed by atoms with Crippen molar-refractivity contribution in [3.8, 4) is 0 Å². The zero-order valence-corrected chi connectivity index (χ0v) is 11.7. The summed E-state index contributed by atoms with van der Waals surface area (Å²) >= 11 is 0. The molecule has 2 N–H and O–H groups in total. The van der Waals surface area contributed by atoms with Crippen molar-refractivity contribution in [2.45, 2.75) is 33.2 Å². The Hall–Kier alpha value is -1.42. The molecular formula is C15H21FN2O. The van der Waals surface area contributed by atoms with Crippen LogP contribution in [0.3, 0.4) is 0 Å². The van der Waals surface area contributed by atoms with Gasteiger partial charge in [-0.05, 0) is 36.5 Å². The molecule has 0 aliphatic carbocycles. The Balaban J connectivity index is 2.18. The van der Waals surface area contributed by atoms with Crippen molar-refractivity contribution in [2.24, 2.45) is 11.1 Å². The second kappa shape index (κ2) is 4.93. The van der Waals surface area contributed by atoms with Crippen LogP contribution in [-0.4, -0.2) is 29.9 Å². The first kappa shape index (κ1) is 14.0. The molecule has 1 unspecified atom stereocenters. The van der Waals surface area contributed by atoms with Gasteiger partial charge >= 0.3 is 0 Å². The molecular weight excluding hydrogens is 243 g/mol. The summed E-state index contributed by atoms with van der Waals surface area (Å²) in [6.07, 6.45) is 0.785. The Bertz CT molecular complexity index is 499. The lowest BCUT2D eigenvalue weighted by atomic mass is 9.79. The minimum absolute atomic E-state index is 0.100. The van der Waals surface area contributed by atoms with Gasteiger partial charge in [-0.3, -0.25) is 4.79 Å². The van der Waals surface area contributed by atoms with Crippen molar-refractivity contribution in [3.63, 3.8) is 0 Å². The van der Waals surface area contributed by atoms with Gasteiger partial charge in [-0.1, -0.05) is 19.9 Å². The first-order valence-electron chi connectivity index (χ1n) is 6.62. The maximum absolute atomic E-state index is 13.5. The SMILES string of the molecule is Cc1ccc(C(=O)N2CCC(N)C(C)(C)C2)cc1F. The summed E-state index contributed by atoms with van der Waals surface area (Å²) in [5.41, 5.74) is 6.92. The predicted octanol–water partition coefficient (Wildman–Crippen LogP) is 2.33. The first-order valence-corrected chi connectivity index (χ1v) is 6.62. The van der Waals surface area contributed by atoms with Crippen LogP contribution in [0.15, 0.2) is 18.2 Å². The highest BCUT2D eigenvalue weighted by Crippen LogP contribution is 2.28. The normalized spacial score (nSPS) is 22.4. The number of nitrogens with two attached hydrogens (primary N) is 1. The largest absolute Gasteiger partial charge is 0.338 e. The van der Waals surface area contributed by atoms with E-state index in [2.05, 4.69) is 13.8 Å². The van der Waals surface area contributed by atoms with Crippen LogP contribution in [0.4, 0.5) is 4.39 Å². The molecule has 0 saturated carbocycles. The molecule has 1 aromatic rings. The number of likely N-dealkylation sites (tertiary alicyclic amines) is 1. The molecule has 1 fully saturated rings. The van der Waals surface area contributed by atoms with Gasteiger partial charge in [0.25, 0.3) is 5.91 Å². The topological polar surface area (TPSA) is 46.3 Å². The van der Waals surface area contributed by atoms with Crippen molar-refractivity contribution >= 4 is 5.91 Å². The van der Waals surface area contributed by atoms with Crippen LogP contribution in [0.1, 0.15) is 36.2 Å². The van der Waals surface area contributed by atoms with Crippen LogP contribution in [0, 0.1) is 18.2 Å². The van der Waals surface area contributed by atoms with Gasteiger partial charge in [-0.2, -0.15) is 0 Å². The van der Waals surface area contributed by atoms with Crippen LogP contribution in [0.25, 0.3) is 0 Å². The highest BCUT2D eigenvalue weighted by Gasteiger charge is 2.35. The summed E-state index contributed by atoms with van der Waals surface area (Å²) in [5, 5.41) is 0. The van der Waals surface area contributed by atoms with Crippen LogP contribution >= 0.6 is 0 Å². The summed E-state index contributed by atoms with van der Waals surface area (Å²) in [7, 11) is 0. The van der Waals surface area contributed by atoms with E-state index in [9.17, 15) is 9.18 Å². The summed E-state index contributed by atoms with van der Waals surface area (Å²) in [5.74, 6) is -0.447. The zero-order chi connectivity index (χ0) is 14.2. The van der Waals surface area contributed by atoms with Gasteiger partial charge in [0, 0.05) is 24.7 Å². The Labute approximate surface area is 113 Å². The summed E-state index contributed by atoms with van der Waals surface area (Å²) in [6.45, 7) is 7.06. The van der Waals surface area contributed by atoms with Gasteiger partial charge < -0.3 is 10.6 Å². The molecule has 1 aliphatic rings. The Kier molecular flexibility index (Phi) is 3.63. The average Bonchev–Trinajstić information content (AvgIpc) is 2.35. The van der Waals surface area contributed by atoms with Crippen molar-refractivity contribution in [1.29, 1.82) is 0 Å². The smallest absolute Gasteiger partial charge is 0.253 e. The Morgan fingerprint density at radius 2 is 2.16 bits per heavy atom. The van der Waals surface area contributed by atoms with Crippen molar-refractivity contribution < 1.29 is 9.18 Å². The lowest BCUT2D eigenvalue weighted by Gasteiger charge is -2.42. The van der Waals surface area contributed by atoms with Crippen molar-refractivity contribution in [2.75, 3.05) is 13.1 Å². The van der Waals surface area contributed by atoms with Gasteiger partial charge in [0.2, 0.25) is 0 Å². The minimum atomic E-state index is -0.334. The van der Waals surface area contributed by atoms with Crippen LogP contribution in [-0.2, 0) is 0 Å². The lowest BCUT2D eigenvalue weighted by Crippen LogP contribution is -2.54. The van der Waals surface area contributed by atoms with Crippen LogP contribution in [0.5, 0.6) is 0 Å². The fourth-order valence-corrected chi connectivity index (χ4v) is 2.46. The molecule has 104 valence electrons. The average molecular weight is 264 g/mol. The number of amides is 1. The molecule has 0 aromatic heterocycles. The molecule has 0 radical (unpaired) electrons. The fraction of sp³-hybridized carbons (Fsp3) is 0.533. The second-order valence-electron chi connectivity index (χ2n) is 6.07. The van der Waals surface area contributed by atoms with Crippen LogP contribution < -0.4 is 5.73 Å². The number of aryl methyl sites for hydroxylation is 1. The van der Waals surface area contributed by atoms with Crippen molar-refractivity contribution in [3.05, 3.63) is 35.1 Å². The van der Waals surface area contributed by atoms with Gasteiger partial charge in [0.15, 0.2) is 0 Å². The molecule has 2 rings (SSSR count). The molecule has 1 heterocycles. The molecule has 1 amide bonds. The number of nitrogens with zero attached hydrogens (tertiary/aromatic N) is 1. The molecule has 3 nitrogen and oxygen atoms in total. The molecule has 1 saturated heterocycles. The van der Waals surface area contributed by atoms with Crippen molar-refractivity contribution in [1.82, 2.24) is 4.90 Å². The highest BCUT2D eigenvalue weighted by molar-refractivity contribution is 5.94. The molecule has 1 atom stereocenters. The van der Waals surface area contributed by atoms with Gasteiger partial charge in [0.05, 0.1) is 0 Å². The number of benzene rings is 1. The zero-order valence-electron chi connectivity index (χ0n) is 11.7. The summed E-state index contributed by atoms with van der Waals surface area (Å²) in [6, 6.07) is 4.75. The first-order chi connectivity index (χ1) is 8.81. The predicted molar refractivity (Wildman–Crippen MR) is 73.4 cm³/mol. The molecule has 1 aliphatic heterocycles. The van der Waals surface area contributed by atoms with E-state index in [0.29, 0.717) is 24.2 Å². The third-order valence-electron chi connectivity index (χ3n) is 4.02. The number of hydrogen-bond donors (Lipinski definition) is 1. The van der Waals surface area contributed by atoms with E-state index < -0.39 is 0 Å². The number of carbonyl (C=O) groups excluding carboxylic acids is 1. The van der Waals surface area contributed by atoms with E-state index in [-0.39, 0.29) is 23.2 Å². The third-order valence-corrected chi connectivity index (χ3v) is 4.02. The van der Waals surface area contributed by atoms with Crippen LogP contribution in [0.2, 0.25) is 0 Å². The minimum Gasteiger partial charge on any atom is -0.338 e. The van der Waals surface area contributed by atoms with E-state index in [0.717, 1.165) is 6.42 Å². The van der Waals surface area contributed by atoms with Gasteiger partial charge in [-0.15, -0.1) is 0 Å². The fourth-order valence-electron chi connectivity index (χ4n) is 2.46. The van der Waals surface area contributed by atoms with Gasteiger partial charge in [0.1, 0.15) is 5.82 Å². The number of hydrogen-bond acceptors (Lipinski definition) is 2. The quantitative estimate of drug-likeness (QED) is 0.846. The van der Waals surface area contributed by atoms with E-state index in [1.54, 1.807) is 24.0 Å². The number of rotatable bonds is 1. The highest BCUT2D eigenvalue weighted by atomic mass is 19.1. The molecule has 0 bridgehead atoms. The molecule has 4 heteroatoms. The second-order valence-corrected chi connectivity index (χ2v) is 6.07. The number of piperidine rings is 1. The summed E-state index contributed by atoms with van der Waals surface area (Å²) < 4.78 is 13.5. The monoisotopic (exact) mass is 264 g/mol. The van der Waals surface area contributed by atoms with E-state index >= 15 is 0 Å². The third kappa shape index (κ3) is 2.78. The Morgan fingerprint density at radius 1 is 1.47 bits per heavy atom. The van der Waals surface area contributed by atoms with E-state index in [1.165, 1.54) is 6.07 Å². The van der Waals surface area contributed by atoms with E-state index in [4.69, 9.17) is 5.73 Å². The maximum atomic E-state index is 13.5. The summed E-state index contributed by atoms with van der Waals surface area (Å²) in [4.78, 5) is 14.1. The molecule has 19 heavy (non-hydrogen) atoms. The number of halogens is 1. The molecule has 1 aromatic carbocycles. The van der Waals surface area contributed by atoms with Gasteiger partial charge in [-0.25, -0.2) is 4.39 Å². The lowest BCUT2D eigenvalue weighted by molar-refractivity contribution is 0.0532.